The van der Waals surface area contributed by atoms with E-state index in [1.54, 1.807) is 6.07 Å². The van der Waals surface area contributed by atoms with E-state index in [1.165, 1.54) is 30.9 Å². The lowest BCUT2D eigenvalue weighted by Crippen LogP contribution is -1.94. The third-order valence-corrected chi connectivity index (χ3v) is 3.59. The molecule has 0 aliphatic rings. The Kier molecular flexibility index (Phi) is 5.79. The molecule has 0 radical (unpaired) electrons. The molecule has 112 valence electrons. The summed E-state index contributed by atoms with van der Waals surface area (Å²) in [6.45, 7) is 4.54. The summed E-state index contributed by atoms with van der Waals surface area (Å²) in [5.74, 6) is 0.0128. The summed E-state index contributed by atoms with van der Waals surface area (Å²) in [5.41, 5.74) is 3.27. The SMILES string of the molecule is CCCCCc1ccc(-c2ccc(OCC)c(F)c2)cc1. The maximum Gasteiger partial charge on any atom is 0.165 e. The molecule has 0 aliphatic heterocycles. The fraction of sp³-hybridized carbons (Fsp3) is 0.368. The highest BCUT2D eigenvalue weighted by Crippen LogP contribution is 2.26. The first-order chi connectivity index (χ1) is 10.2. The Hall–Kier alpha value is -1.83. The molecule has 0 atom stereocenters. The number of aryl methyl sites for hydroxylation is 1. The van der Waals surface area contributed by atoms with Gasteiger partial charge in [-0.1, -0.05) is 50.1 Å². The molecule has 2 aromatic carbocycles. The summed E-state index contributed by atoms with van der Waals surface area (Å²) in [4.78, 5) is 0. The van der Waals surface area contributed by atoms with Crippen molar-refractivity contribution in [3.63, 3.8) is 0 Å². The van der Waals surface area contributed by atoms with Gasteiger partial charge in [-0.25, -0.2) is 4.39 Å². The largest absolute Gasteiger partial charge is 0.491 e. The number of hydrogen-bond donors (Lipinski definition) is 0. The molecule has 0 fully saturated rings. The Morgan fingerprint density at radius 2 is 1.62 bits per heavy atom. The van der Waals surface area contributed by atoms with Gasteiger partial charge in [0.1, 0.15) is 0 Å². The zero-order chi connectivity index (χ0) is 15.1. The molecule has 0 spiro atoms. The van der Waals surface area contributed by atoms with Crippen LogP contribution in [0.2, 0.25) is 0 Å². The molecule has 0 unspecified atom stereocenters. The zero-order valence-corrected chi connectivity index (χ0v) is 12.9. The topological polar surface area (TPSA) is 9.23 Å². The summed E-state index contributed by atoms with van der Waals surface area (Å²) in [6, 6.07) is 13.5. The highest BCUT2D eigenvalue weighted by Gasteiger charge is 2.06. The van der Waals surface area contributed by atoms with Crippen molar-refractivity contribution in [2.75, 3.05) is 6.61 Å². The van der Waals surface area contributed by atoms with Crippen LogP contribution in [0.15, 0.2) is 42.5 Å². The van der Waals surface area contributed by atoms with Crippen molar-refractivity contribution in [2.45, 2.75) is 39.5 Å². The van der Waals surface area contributed by atoms with E-state index < -0.39 is 0 Å². The Bertz CT molecular complexity index is 560. The van der Waals surface area contributed by atoms with Gasteiger partial charge >= 0.3 is 0 Å². The number of rotatable bonds is 7. The molecule has 2 aromatic rings. The van der Waals surface area contributed by atoms with Crippen LogP contribution in [0.25, 0.3) is 11.1 Å². The normalized spacial score (nSPS) is 10.6. The van der Waals surface area contributed by atoms with E-state index in [4.69, 9.17) is 4.74 Å². The van der Waals surface area contributed by atoms with Gasteiger partial charge in [-0.15, -0.1) is 0 Å². The van der Waals surface area contributed by atoms with Crippen molar-refractivity contribution in [3.8, 4) is 16.9 Å². The maximum absolute atomic E-state index is 13.9. The van der Waals surface area contributed by atoms with Gasteiger partial charge in [0, 0.05) is 0 Å². The van der Waals surface area contributed by atoms with E-state index in [1.807, 2.05) is 13.0 Å². The van der Waals surface area contributed by atoms with E-state index in [-0.39, 0.29) is 5.82 Å². The van der Waals surface area contributed by atoms with Crippen LogP contribution in [0.4, 0.5) is 4.39 Å². The lowest BCUT2D eigenvalue weighted by atomic mass is 10.0. The molecule has 2 rings (SSSR count). The van der Waals surface area contributed by atoms with Crippen molar-refractivity contribution >= 4 is 0 Å². The maximum atomic E-state index is 13.9. The second kappa shape index (κ2) is 7.82. The van der Waals surface area contributed by atoms with Gasteiger partial charge in [-0.05, 0) is 48.6 Å². The van der Waals surface area contributed by atoms with Gasteiger partial charge in [-0.2, -0.15) is 0 Å². The van der Waals surface area contributed by atoms with Crippen LogP contribution in [0, 0.1) is 5.82 Å². The molecular weight excluding hydrogens is 263 g/mol. The molecular formula is C19H23FO. The van der Waals surface area contributed by atoms with Gasteiger partial charge < -0.3 is 4.74 Å². The molecule has 2 heteroatoms. The molecule has 0 N–H and O–H groups in total. The van der Waals surface area contributed by atoms with Crippen LogP contribution >= 0.6 is 0 Å². The average Bonchev–Trinajstić information content (AvgIpc) is 2.50. The van der Waals surface area contributed by atoms with Crippen molar-refractivity contribution in [1.29, 1.82) is 0 Å². The van der Waals surface area contributed by atoms with Crippen LogP contribution in [-0.4, -0.2) is 6.61 Å². The van der Waals surface area contributed by atoms with E-state index in [9.17, 15) is 4.39 Å². The summed E-state index contributed by atoms with van der Waals surface area (Å²) in [7, 11) is 0. The molecule has 0 aliphatic carbocycles. The quantitative estimate of drug-likeness (QED) is 0.600. The third kappa shape index (κ3) is 4.32. The first-order valence-electron chi connectivity index (χ1n) is 7.76. The van der Waals surface area contributed by atoms with E-state index in [0.717, 1.165) is 17.5 Å². The number of hydrogen-bond acceptors (Lipinski definition) is 1. The molecule has 0 saturated carbocycles. The fourth-order valence-corrected chi connectivity index (χ4v) is 2.40. The number of ether oxygens (including phenoxy) is 1. The minimum absolute atomic E-state index is 0.304. The zero-order valence-electron chi connectivity index (χ0n) is 12.9. The molecule has 0 aromatic heterocycles. The highest BCUT2D eigenvalue weighted by atomic mass is 19.1. The Morgan fingerprint density at radius 1 is 0.905 bits per heavy atom. The van der Waals surface area contributed by atoms with Gasteiger partial charge in [-0.3, -0.25) is 0 Å². The standard InChI is InChI=1S/C19H23FO/c1-3-5-6-7-15-8-10-16(11-9-15)17-12-13-19(21-4-2)18(20)14-17/h8-14H,3-7H2,1-2H3. The molecule has 0 heterocycles. The van der Waals surface area contributed by atoms with Crippen molar-refractivity contribution in [3.05, 3.63) is 53.8 Å². The number of benzene rings is 2. The van der Waals surface area contributed by atoms with Gasteiger partial charge in [0.2, 0.25) is 0 Å². The molecule has 0 amide bonds. The highest BCUT2D eigenvalue weighted by molar-refractivity contribution is 5.64. The van der Waals surface area contributed by atoms with Crippen LogP contribution in [0.1, 0.15) is 38.7 Å². The number of unbranched alkanes of at least 4 members (excludes halogenated alkanes) is 2. The fourth-order valence-electron chi connectivity index (χ4n) is 2.40. The molecule has 1 nitrogen and oxygen atoms in total. The van der Waals surface area contributed by atoms with E-state index >= 15 is 0 Å². The van der Waals surface area contributed by atoms with Crippen LogP contribution in [-0.2, 0) is 6.42 Å². The predicted octanol–water partition coefficient (Wildman–Crippen LogP) is 5.62. The summed E-state index contributed by atoms with van der Waals surface area (Å²) >= 11 is 0. The van der Waals surface area contributed by atoms with Crippen LogP contribution in [0.3, 0.4) is 0 Å². The van der Waals surface area contributed by atoms with Crippen molar-refractivity contribution in [2.24, 2.45) is 0 Å². The van der Waals surface area contributed by atoms with Crippen LogP contribution < -0.4 is 4.74 Å². The van der Waals surface area contributed by atoms with Crippen molar-refractivity contribution in [1.82, 2.24) is 0 Å². The van der Waals surface area contributed by atoms with Crippen LogP contribution in [0.5, 0.6) is 5.75 Å². The smallest absolute Gasteiger partial charge is 0.165 e. The summed E-state index contributed by atoms with van der Waals surface area (Å²) in [5, 5.41) is 0. The lowest BCUT2D eigenvalue weighted by Gasteiger charge is -2.08. The molecule has 0 bridgehead atoms. The molecule has 21 heavy (non-hydrogen) atoms. The van der Waals surface area contributed by atoms with E-state index in [2.05, 4.69) is 31.2 Å². The summed E-state index contributed by atoms with van der Waals surface area (Å²) < 4.78 is 19.1. The minimum atomic E-state index is -0.304. The minimum Gasteiger partial charge on any atom is -0.491 e. The monoisotopic (exact) mass is 286 g/mol. The second-order valence-corrected chi connectivity index (χ2v) is 5.23. The average molecular weight is 286 g/mol. The Balaban J connectivity index is 2.09. The van der Waals surface area contributed by atoms with Gasteiger partial charge in [0.15, 0.2) is 11.6 Å². The molecule has 0 saturated heterocycles. The Morgan fingerprint density at radius 3 is 2.24 bits per heavy atom. The first-order valence-corrected chi connectivity index (χ1v) is 7.76. The van der Waals surface area contributed by atoms with Gasteiger partial charge in [0.05, 0.1) is 6.61 Å². The Labute approximate surface area is 126 Å². The van der Waals surface area contributed by atoms with Crippen molar-refractivity contribution < 1.29 is 9.13 Å². The summed E-state index contributed by atoms with van der Waals surface area (Å²) in [6.07, 6.45) is 4.86. The van der Waals surface area contributed by atoms with E-state index in [0.29, 0.717) is 12.4 Å². The second-order valence-electron chi connectivity index (χ2n) is 5.23. The van der Waals surface area contributed by atoms with Gasteiger partial charge in [0.25, 0.3) is 0 Å². The number of halogens is 1. The first kappa shape index (κ1) is 15.6. The third-order valence-electron chi connectivity index (χ3n) is 3.59. The predicted molar refractivity (Wildman–Crippen MR) is 86.2 cm³/mol. The lowest BCUT2D eigenvalue weighted by molar-refractivity contribution is 0.321.